The summed E-state index contributed by atoms with van der Waals surface area (Å²) in [5.41, 5.74) is 5.16. The number of hydrogen-bond donors (Lipinski definition) is 2. The molecule has 0 spiro atoms. The lowest BCUT2D eigenvalue weighted by atomic mass is 9.93. The molecule has 1 aliphatic heterocycles. The molecule has 0 bridgehead atoms. The number of fused-ring (bicyclic) bond motifs is 1. The fourth-order valence-corrected chi connectivity index (χ4v) is 8.19. The van der Waals surface area contributed by atoms with Crippen LogP contribution in [0.5, 0.6) is 5.75 Å². The minimum absolute atomic E-state index is 0.0256. The minimum Gasteiger partial charge on any atom is -0.495 e. The predicted molar refractivity (Wildman–Crippen MR) is 196 cm³/mol. The molecular weight excluding hydrogens is 671 g/mol. The van der Waals surface area contributed by atoms with Gasteiger partial charge in [0.05, 0.1) is 42.6 Å². The molecule has 11 nitrogen and oxygen atoms in total. The van der Waals surface area contributed by atoms with Gasteiger partial charge in [0.15, 0.2) is 5.69 Å². The zero-order chi connectivity index (χ0) is 35.8. The fraction of sp³-hybridized carbons (Fsp3) is 0.405. The lowest BCUT2D eigenvalue weighted by molar-refractivity contribution is 0.0543. The molecule has 13 heteroatoms. The van der Waals surface area contributed by atoms with E-state index in [-0.39, 0.29) is 28.1 Å². The summed E-state index contributed by atoms with van der Waals surface area (Å²) < 4.78 is 12.9. The number of methoxy groups -OCH3 is 2. The Morgan fingerprint density at radius 3 is 2.42 bits per heavy atom. The molecule has 3 heterocycles. The van der Waals surface area contributed by atoms with Crippen LogP contribution in [0.1, 0.15) is 87.6 Å². The van der Waals surface area contributed by atoms with Crippen molar-refractivity contribution >= 4 is 49.0 Å². The molecule has 264 valence electrons. The molecule has 1 aliphatic rings. The molecule has 2 aromatic carbocycles. The summed E-state index contributed by atoms with van der Waals surface area (Å²) in [4.78, 5) is 47.6. The maximum absolute atomic E-state index is 14.6. The van der Waals surface area contributed by atoms with E-state index in [9.17, 15) is 19.5 Å². The molecule has 5 rings (SSSR count). The van der Waals surface area contributed by atoms with Gasteiger partial charge < -0.3 is 29.4 Å². The molecule has 0 fully saturated rings. The molecule has 2 N–H and O–H groups in total. The van der Waals surface area contributed by atoms with Gasteiger partial charge >= 0.3 is 5.97 Å². The molecular formula is C37H45N5O6SSi. The van der Waals surface area contributed by atoms with Crippen molar-refractivity contribution in [3.63, 3.8) is 0 Å². The van der Waals surface area contributed by atoms with E-state index in [1.54, 1.807) is 27.1 Å². The topological polar surface area (TPSA) is 126 Å². The summed E-state index contributed by atoms with van der Waals surface area (Å²) in [5, 5.41) is 16.9. The van der Waals surface area contributed by atoms with Crippen LogP contribution in [0.2, 0.25) is 0 Å². The van der Waals surface area contributed by atoms with Crippen molar-refractivity contribution in [3.05, 3.63) is 87.6 Å². The first kappa shape index (κ1) is 36.8. The predicted octanol–water partition coefficient (Wildman–Crippen LogP) is 5.00. The smallest absolute Gasteiger partial charge is 0.342 e. The number of benzene rings is 2. The molecule has 0 saturated carbocycles. The molecule has 4 aromatic rings. The highest BCUT2D eigenvalue weighted by Crippen LogP contribution is 2.29. The maximum Gasteiger partial charge on any atom is 0.342 e. The third-order valence-electron chi connectivity index (χ3n) is 8.91. The van der Waals surface area contributed by atoms with Crippen molar-refractivity contribution in [2.45, 2.75) is 65.5 Å². The van der Waals surface area contributed by atoms with E-state index < -0.39 is 12.0 Å². The molecule has 1 atom stereocenters. The van der Waals surface area contributed by atoms with Gasteiger partial charge in [-0.1, -0.05) is 51.0 Å². The number of carbonyl (C=O) groups is 3. The van der Waals surface area contributed by atoms with Crippen molar-refractivity contribution in [1.82, 2.24) is 19.6 Å². The summed E-state index contributed by atoms with van der Waals surface area (Å²) >= 11 is 1.38. The zero-order valence-electron chi connectivity index (χ0n) is 29.3. The van der Waals surface area contributed by atoms with Gasteiger partial charge in [-0.2, -0.15) is 5.10 Å². The van der Waals surface area contributed by atoms with Gasteiger partial charge in [-0.3, -0.25) is 9.59 Å². The average Bonchev–Trinajstić information content (AvgIpc) is 3.75. The molecule has 2 radical (unpaired) electrons. The van der Waals surface area contributed by atoms with E-state index in [0.29, 0.717) is 60.0 Å². The van der Waals surface area contributed by atoms with Crippen molar-refractivity contribution < 1.29 is 29.0 Å². The largest absolute Gasteiger partial charge is 0.495 e. The molecule has 50 heavy (non-hydrogen) atoms. The number of aliphatic hydroxyl groups excluding tert-OH is 1. The van der Waals surface area contributed by atoms with E-state index in [4.69, 9.17) is 14.6 Å². The van der Waals surface area contributed by atoms with E-state index >= 15 is 0 Å². The van der Waals surface area contributed by atoms with Gasteiger partial charge in [0.2, 0.25) is 9.68 Å². The maximum atomic E-state index is 14.6. The first-order chi connectivity index (χ1) is 24.2. The first-order valence-electron chi connectivity index (χ1n) is 17.0. The second kappa shape index (κ2) is 17.0. The SMILES string of the molecule is CCCCN(CCCC)C(=O)c1cc(C)n(-c2ccc(N[Si]c3scc(C(=O)OC)c3OC)cc2C(=O)N2Cc3ccccc3C[C@H]2CO)n1. The summed E-state index contributed by atoms with van der Waals surface area (Å²) in [6.07, 6.45) is 4.33. The number of amides is 2. The lowest BCUT2D eigenvalue weighted by Crippen LogP contribution is -2.46. The second-order valence-electron chi connectivity index (χ2n) is 12.3. The number of unbranched alkanes of at least 4 members (excludes halogenated alkanes) is 2. The third kappa shape index (κ3) is 7.95. The summed E-state index contributed by atoms with van der Waals surface area (Å²) in [6.45, 7) is 7.61. The number of aryl methyl sites for hydroxylation is 1. The number of nitrogens with one attached hydrogen (secondary N) is 1. The Bertz CT molecular complexity index is 1820. The molecule has 0 aliphatic carbocycles. The van der Waals surface area contributed by atoms with E-state index in [1.807, 2.05) is 48.2 Å². The van der Waals surface area contributed by atoms with Crippen LogP contribution < -0.4 is 14.2 Å². The second-order valence-corrected chi connectivity index (χ2v) is 14.6. The van der Waals surface area contributed by atoms with Gasteiger partial charge in [-0.25, -0.2) is 9.48 Å². The first-order valence-corrected chi connectivity index (χ1v) is 18.9. The Balaban J connectivity index is 1.52. The van der Waals surface area contributed by atoms with Gasteiger partial charge in [0, 0.05) is 36.4 Å². The number of nitrogens with zero attached hydrogens (tertiary/aromatic N) is 4. The minimum atomic E-state index is -0.473. The highest BCUT2D eigenvalue weighted by Gasteiger charge is 2.32. The Morgan fingerprint density at radius 1 is 1.04 bits per heavy atom. The van der Waals surface area contributed by atoms with Gasteiger partial charge in [0.1, 0.15) is 11.3 Å². The Morgan fingerprint density at radius 2 is 1.76 bits per heavy atom. The number of anilines is 1. The van der Waals surface area contributed by atoms with Crippen LogP contribution in [0.15, 0.2) is 53.9 Å². The number of ether oxygens (including phenoxy) is 2. The highest BCUT2D eigenvalue weighted by atomic mass is 32.1. The summed E-state index contributed by atoms with van der Waals surface area (Å²) in [7, 11) is 2.87. The van der Waals surface area contributed by atoms with Crippen molar-refractivity contribution in [2.75, 3.05) is 38.9 Å². The molecule has 0 unspecified atom stereocenters. The summed E-state index contributed by atoms with van der Waals surface area (Å²) in [6, 6.07) is 14.8. The quantitative estimate of drug-likeness (QED) is 0.130. The van der Waals surface area contributed by atoms with Gasteiger partial charge in [-0.05, 0) is 61.6 Å². The third-order valence-corrected chi connectivity index (χ3v) is 11.2. The number of carbonyl (C=O) groups excluding carboxylic acids is 3. The van der Waals surface area contributed by atoms with E-state index in [2.05, 4.69) is 18.8 Å². The lowest BCUT2D eigenvalue weighted by Gasteiger charge is -2.36. The van der Waals surface area contributed by atoms with Gasteiger partial charge in [0.25, 0.3) is 11.8 Å². The van der Waals surface area contributed by atoms with Crippen LogP contribution in [0.25, 0.3) is 5.69 Å². The number of rotatable bonds is 15. The fourth-order valence-electron chi connectivity index (χ4n) is 6.13. The van der Waals surface area contributed by atoms with Crippen molar-refractivity contribution in [2.24, 2.45) is 0 Å². The van der Waals surface area contributed by atoms with Crippen LogP contribution in [0.3, 0.4) is 0 Å². The summed E-state index contributed by atoms with van der Waals surface area (Å²) in [5.74, 6) is -0.392. The van der Waals surface area contributed by atoms with Crippen LogP contribution in [-0.4, -0.2) is 92.1 Å². The normalized spacial score (nSPS) is 13.9. The van der Waals surface area contributed by atoms with Crippen LogP contribution in [0, 0.1) is 6.92 Å². The molecule has 0 saturated heterocycles. The van der Waals surface area contributed by atoms with Crippen molar-refractivity contribution in [1.29, 1.82) is 0 Å². The van der Waals surface area contributed by atoms with Crippen LogP contribution in [-0.2, 0) is 17.7 Å². The monoisotopic (exact) mass is 715 g/mol. The number of aromatic nitrogens is 2. The van der Waals surface area contributed by atoms with Crippen LogP contribution in [0.4, 0.5) is 5.69 Å². The number of hydrogen-bond acceptors (Lipinski definition) is 9. The molecule has 2 aromatic heterocycles. The number of esters is 1. The standard InChI is InChI=1S/C37H45N5O6SSi/c1-6-8-16-40(17-9-7-2)35(45)31-18-24(3)42(38-31)32-15-14-27(39-50-37-33(47-4)30(23-49-37)36(46)48-5)20-29(32)34(44)41-21-26-13-11-10-12-25(26)19-28(41)22-43/h10-15,18,20,23,28,39,43H,6-9,16-17,19,21-22H2,1-5H3/t28-/m0/s1. The Labute approximate surface area is 300 Å². The van der Waals surface area contributed by atoms with E-state index in [0.717, 1.165) is 47.0 Å². The number of aliphatic hydroxyl groups is 1. The van der Waals surface area contributed by atoms with Gasteiger partial charge in [-0.15, -0.1) is 11.3 Å². The average molecular weight is 716 g/mol. The Kier molecular flexibility index (Phi) is 12.5. The number of thiophene rings is 1. The van der Waals surface area contributed by atoms with E-state index in [1.165, 1.54) is 25.6 Å². The Hall–Kier alpha value is -4.46. The molecule has 2 amide bonds. The highest BCUT2D eigenvalue weighted by molar-refractivity contribution is 7.21. The zero-order valence-corrected chi connectivity index (χ0v) is 31.1. The van der Waals surface area contributed by atoms with Crippen LogP contribution >= 0.6 is 11.3 Å². The van der Waals surface area contributed by atoms with Crippen molar-refractivity contribution in [3.8, 4) is 11.4 Å².